The smallest absolute Gasteiger partial charge is 0.322 e. The number of likely N-dealkylation sites (N-methyl/N-ethyl adjacent to an activating group) is 1. The second-order valence-corrected chi connectivity index (χ2v) is 6.06. The number of amides is 3. The Morgan fingerprint density at radius 2 is 1.91 bits per heavy atom. The van der Waals surface area contributed by atoms with E-state index in [0.717, 1.165) is 30.8 Å². The van der Waals surface area contributed by atoms with Crippen molar-refractivity contribution in [2.75, 3.05) is 20.1 Å². The van der Waals surface area contributed by atoms with Gasteiger partial charge in [-0.1, -0.05) is 18.2 Å². The highest BCUT2D eigenvalue weighted by Crippen LogP contribution is 2.35. The highest BCUT2D eigenvalue weighted by Gasteiger charge is 2.54. The second kappa shape index (κ2) is 6.84. The molecule has 2 N–H and O–H groups in total. The molecule has 23 heavy (non-hydrogen) atoms. The number of hydrogen-bond donors (Lipinski definition) is 2. The third-order valence-corrected chi connectivity index (χ3v) is 4.78. The standard InChI is InChI=1S/C16H20FN3O2.ClH/c1-20-14(21)16(19-15(20)22,12-6-8-18-9-7-12)10-11-4-2-3-5-13(11)17;/h2-5,12,18H,6-10H2,1H3,(H,19,22);1H. The van der Waals surface area contributed by atoms with Gasteiger partial charge in [-0.2, -0.15) is 0 Å². The average Bonchev–Trinajstić information content (AvgIpc) is 2.76. The third-order valence-electron chi connectivity index (χ3n) is 4.78. The van der Waals surface area contributed by atoms with Crippen molar-refractivity contribution in [3.63, 3.8) is 0 Å². The molecule has 0 spiro atoms. The predicted octanol–water partition coefficient (Wildman–Crippen LogP) is 1.71. The van der Waals surface area contributed by atoms with Crippen LogP contribution in [0.4, 0.5) is 9.18 Å². The van der Waals surface area contributed by atoms with Gasteiger partial charge in [0.05, 0.1) is 0 Å². The Bertz CT molecular complexity index is 607. The molecule has 2 aliphatic rings. The van der Waals surface area contributed by atoms with Crippen LogP contribution in [0.25, 0.3) is 0 Å². The molecule has 0 saturated carbocycles. The van der Waals surface area contributed by atoms with E-state index < -0.39 is 11.6 Å². The number of urea groups is 1. The average molecular weight is 342 g/mol. The zero-order valence-corrected chi connectivity index (χ0v) is 13.8. The van der Waals surface area contributed by atoms with Gasteiger partial charge < -0.3 is 10.6 Å². The van der Waals surface area contributed by atoms with E-state index in [1.807, 2.05) is 0 Å². The fourth-order valence-electron chi connectivity index (χ4n) is 3.52. The van der Waals surface area contributed by atoms with E-state index in [1.54, 1.807) is 18.2 Å². The van der Waals surface area contributed by atoms with Crippen molar-refractivity contribution in [1.82, 2.24) is 15.5 Å². The maximum absolute atomic E-state index is 14.1. The fourth-order valence-corrected chi connectivity index (χ4v) is 3.52. The van der Waals surface area contributed by atoms with Crippen molar-refractivity contribution in [3.05, 3.63) is 35.6 Å². The van der Waals surface area contributed by atoms with E-state index in [0.29, 0.717) is 5.56 Å². The number of rotatable bonds is 3. The minimum absolute atomic E-state index is 0. The first-order valence-electron chi connectivity index (χ1n) is 7.59. The van der Waals surface area contributed by atoms with Crippen molar-refractivity contribution in [3.8, 4) is 0 Å². The molecule has 1 unspecified atom stereocenters. The maximum Gasteiger partial charge on any atom is 0.324 e. The third kappa shape index (κ3) is 3.05. The molecule has 0 radical (unpaired) electrons. The van der Waals surface area contributed by atoms with E-state index in [-0.39, 0.29) is 36.5 Å². The number of imide groups is 1. The second-order valence-electron chi connectivity index (χ2n) is 6.06. The lowest BCUT2D eigenvalue weighted by atomic mass is 9.74. The Labute approximate surface area is 141 Å². The van der Waals surface area contributed by atoms with Gasteiger partial charge in [-0.3, -0.25) is 9.69 Å². The van der Waals surface area contributed by atoms with Gasteiger partial charge in [-0.25, -0.2) is 9.18 Å². The minimum Gasteiger partial charge on any atom is -0.322 e. The Kier molecular flexibility index (Phi) is 5.26. The van der Waals surface area contributed by atoms with Crippen LogP contribution >= 0.6 is 12.4 Å². The van der Waals surface area contributed by atoms with Crippen molar-refractivity contribution < 1.29 is 14.0 Å². The Morgan fingerprint density at radius 1 is 1.26 bits per heavy atom. The summed E-state index contributed by atoms with van der Waals surface area (Å²) in [7, 11) is 1.47. The summed E-state index contributed by atoms with van der Waals surface area (Å²) in [5.74, 6) is -0.588. The van der Waals surface area contributed by atoms with Gasteiger partial charge in [-0.15, -0.1) is 12.4 Å². The quantitative estimate of drug-likeness (QED) is 0.823. The van der Waals surface area contributed by atoms with Crippen LogP contribution in [0.5, 0.6) is 0 Å². The van der Waals surface area contributed by atoms with Crippen molar-refractivity contribution in [1.29, 1.82) is 0 Å². The molecule has 2 fully saturated rings. The molecular formula is C16H21ClFN3O2. The zero-order chi connectivity index (χ0) is 15.7. The highest BCUT2D eigenvalue weighted by molar-refractivity contribution is 6.07. The Balaban J connectivity index is 0.00000192. The van der Waals surface area contributed by atoms with Gasteiger partial charge in [0.25, 0.3) is 5.91 Å². The molecule has 0 aliphatic carbocycles. The van der Waals surface area contributed by atoms with Crippen LogP contribution < -0.4 is 10.6 Å². The normalized spacial score (nSPS) is 25.2. The van der Waals surface area contributed by atoms with Crippen LogP contribution in [0.1, 0.15) is 18.4 Å². The van der Waals surface area contributed by atoms with E-state index >= 15 is 0 Å². The van der Waals surface area contributed by atoms with Crippen LogP contribution in [0, 0.1) is 11.7 Å². The molecule has 1 atom stereocenters. The summed E-state index contributed by atoms with van der Waals surface area (Å²) in [6.45, 7) is 1.60. The molecule has 0 aromatic heterocycles. The monoisotopic (exact) mass is 341 g/mol. The van der Waals surface area contributed by atoms with Crippen LogP contribution in [0.2, 0.25) is 0 Å². The van der Waals surface area contributed by atoms with E-state index in [4.69, 9.17) is 0 Å². The molecule has 2 aliphatic heterocycles. The molecule has 1 aromatic carbocycles. The number of nitrogens with one attached hydrogen (secondary N) is 2. The first-order chi connectivity index (χ1) is 10.5. The molecule has 2 saturated heterocycles. The molecule has 1 aromatic rings. The largest absolute Gasteiger partial charge is 0.324 e. The molecule has 3 amide bonds. The molecular weight excluding hydrogens is 321 g/mol. The topological polar surface area (TPSA) is 61.4 Å². The fraction of sp³-hybridized carbons (Fsp3) is 0.500. The SMILES string of the molecule is CN1C(=O)NC(Cc2ccccc2F)(C2CCNCC2)C1=O.Cl. The van der Waals surface area contributed by atoms with Gasteiger partial charge in [0.15, 0.2) is 0 Å². The molecule has 7 heteroatoms. The summed E-state index contributed by atoms with van der Waals surface area (Å²) in [6, 6.07) is 6.03. The maximum atomic E-state index is 14.1. The van der Waals surface area contributed by atoms with Gasteiger partial charge in [0.2, 0.25) is 0 Å². The van der Waals surface area contributed by atoms with Gasteiger partial charge in [0.1, 0.15) is 11.4 Å². The molecule has 126 valence electrons. The first-order valence-corrected chi connectivity index (χ1v) is 7.59. The van der Waals surface area contributed by atoms with Gasteiger partial charge in [-0.05, 0) is 43.5 Å². The van der Waals surface area contributed by atoms with E-state index in [9.17, 15) is 14.0 Å². The predicted molar refractivity (Wildman–Crippen MR) is 87.0 cm³/mol. The number of carbonyl (C=O) groups excluding carboxylic acids is 2. The Hall–Kier alpha value is -1.66. The summed E-state index contributed by atoms with van der Waals surface area (Å²) >= 11 is 0. The Morgan fingerprint density at radius 3 is 2.48 bits per heavy atom. The highest BCUT2D eigenvalue weighted by atomic mass is 35.5. The first kappa shape index (κ1) is 17.7. The molecule has 2 heterocycles. The number of hydrogen-bond acceptors (Lipinski definition) is 3. The van der Waals surface area contributed by atoms with Crippen LogP contribution in [0.15, 0.2) is 24.3 Å². The van der Waals surface area contributed by atoms with Crippen molar-refractivity contribution in [2.45, 2.75) is 24.8 Å². The number of carbonyl (C=O) groups is 2. The van der Waals surface area contributed by atoms with Crippen molar-refractivity contribution >= 4 is 24.3 Å². The lowest BCUT2D eigenvalue weighted by Gasteiger charge is -2.37. The number of benzene rings is 1. The minimum atomic E-state index is -1.03. The summed E-state index contributed by atoms with van der Waals surface area (Å²) in [5.41, 5.74) is -0.569. The lowest BCUT2D eigenvalue weighted by molar-refractivity contribution is -0.132. The summed E-state index contributed by atoms with van der Waals surface area (Å²) in [6.07, 6.45) is 1.77. The number of nitrogens with zero attached hydrogens (tertiary/aromatic N) is 1. The van der Waals surface area contributed by atoms with Gasteiger partial charge >= 0.3 is 6.03 Å². The van der Waals surface area contributed by atoms with E-state index in [2.05, 4.69) is 10.6 Å². The van der Waals surface area contributed by atoms with Crippen LogP contribution in [0.3, 0.4) is 0 Å². The molecule has 5 nitrogen and oxygen atoms in total. The van der Waals surface area contributed by atoms with E-state index in [1.165, 1.54) is 13.1 Å². The summed E-state index contributed by atoms with van der Waals surface area (Å²) < 4.78 is 14.1. The summed E-state index contributed by atoms with van der Waals surface area (Å²) in [4.78, 5) is 25.9. The molecule has 0 bridgehead atoms. The summed E-state index contributed by atoms with van der Waals surface area (Å²) in [5, 5.41) is 6.11. The lowest BCUT2D eigenvalue weighted by Crippen LogP contribution is -2.57. The number of piperidine rings is 1. The van der Waals surface area contributed by atoms with Gasteiger partial charge in [0, 0.05) is 13.5 Å². The molecule has 3 rings (SSSR count). The van der Waals surface area contributed by atoms with Crippen LogP contribution in [-0.2, 0) is 11.2 Å². The van der Waals surface area contributed by atoms with Crippen LogP contribution in [-0.4, -0.2) is 42.5 Å². The van der Waals surface area contributed by atoms with Crippen molar-refractivity contribution in [2.24, 2.45) is 5.92 Å². The number of halogens is 2. The zero-order valence-electron chi connectivity index (χ0n) is 13.0.